The van der Waals surface area contributed by atoms with Crippen LogP contribution in [0.5, 0.6) is 5.75 Å². The van der Waals surface area contributed by atoms with Gasteiger partial charge < -0.3 is 10.5 Å². The molecular weight excluding hydrogens is 182 g/mol. The number of thioether (sulfide) groups is 1. The van der Waals surface area contributed by atoms with Gasteiger partial charge in [-0.1, -0.05) is 6.07 Å². The van der Waals surface area contributed by atoms with E-state index in [1.165, 1.54) is 10.5 Å². The quantitative estimate of drug-likeness (QED) is 0.685. The van der Waals surface area contributed by atoms with Gasteiger partial charge >= 0.3 is 0 Å². The standard InChI is InChI=1S/C10H13NOS/c1-7-2-3-9-10(4-7)13-6-8(11)5-12-9/h2-4,8H,5-6,11H2,1H3. The van der Waals surface area contributed by atoms with Crippen molar-refractivity contribution in [1.82, 2.24) is 0 Å². The number of rotatable bonds is 0. The van der Waals surface area contributed by atoms with Gasteiger partial charge in [0.15, 0.2) is 0 Å². The molecule has 0 saturated heterocycles. The zero-order chi connectivity index (χ0) is 9.26. The molecule has 0 aliphatic carbocycles. The molecule has 2 nitrogen and oxygen atoms in total. The number of nitrogens with two attached hydrogens (primary N) is 1. The summed E-state index contributed by atoms with van der Waals surface area (Å²) in [5.74, 6) is 1.92. The molecule has 70 valence electrons. The average Bonchev–Trinajstić information content (AvgIpc) is 2.29. The molecular formula is C10H13NOS. The minimum atomic E-state index is 0.151. The molecule has 3 heteroatoms. The number of hydrogen-bond donors (Lipinski definition) is 1. The normalized spacial score (nSPS) is 21.5. The van der Waals surface area contributed by atoms with E-state index in [-0.39, 0.29) is 6.04 Å². The molecule has 0 spiro atoms. The summed E-state index contributed by atoms with van der Waals surface area (Å²) < 4.78 is 5.57. The Labute approximate surface area is 82.5 Å². The van der Waals surface area contributed by atoms with Crippen LogP contribution in [0.25, 0.3) is 0 Å². The highest BCUT2D eigenvalue weighted by Crippen LogP contribution is 2.32. The van der Waals surface area contributed by atoms with Crippen molar-refractivity contribution >= 4 is 11.8 Å². The van der Waals surface area contributed by atoms with Gasteiger partial charge in [-0.2, -0.15) is 0 Å². The van der Waals surface area contributed by atoms with Crippen LogP contribution in [-0.4, -0.2) is 18.4 Å². The van der Waals surface area contributed by atoms with Crippen molar-refractivity contribution in [3.63, 3.8) is 0 Å². The van der Waals surface area contributed by atoms with E-state index in [0.29, 0.717) is 6.61 Å². The molecule has 0 fully saturated rings. The van der Waals surface area contributed by atoms with Crippen molar-refractivity contribution in [3.05, 3.63) is 23.8 Å². The molecule has 1 atom stereocenters. The highest BCUT2D eigenvalue weighted by atomic mass is 32.2. The Morgan fingerprint density at radius 1 is 1.54 bits per heavy atom. The van der Waals surface area contributed by atoms with Crippen molar-refractivity contribution in [3.8, 4) is 5.75 Å². The summed E-state index contributed by atoms with van der Waals surface area (Å²) in [6.45, 7) is 2.72. The van der Waals surface area contributed by atoms with Crippen molar-refractivity contribution < 1.29 is 4.74 Å². The van der Waals surface area contributed by atoms with Crippen LogP contribution in [0.1, 0.15) is 5.56 Å². The average molecular weight is 195 g/mol. The Balaban J connectivity index is 2.30. The minimum Gasteiger partial charge on any atom is -0.491 e. The number of fused-ring (bicyclic) bond motifs is 1. The predicted molar refractivity (Wildman–Crippen MR) is 55.4 cm³/mol. The largest absolute Gasteiger partial charge is 0.491 e. The van der Waals surface area contributed by atoms with Gasteiger partial charge in [0, 0.05) is 16.7 Å². The van der Waals surface area contributed by atoms with Gasteiger partial charge in [-0.3, -0.25) is 0 Å². The molecule has 2 N–H and O–H groups in total. The molecule has 0 amide bonds. The molecule has 1 aromatic rings. The Hall–Kier alpha value is -0.670. The van der Waals surface area contributed by atoms with E-state index in [1.807, 2.05) is 6.07 Å². The molecule has 1 heterocycles. The third kappa shape index (κ3) is 1.98. The topological polar surface area (TPSA) is 35.2 Å². The molecule has 1 aromatic carbocycles. The molecule has 2 rings (SSSR count). The minimum absolute atomic E-state index is 0.151. The zero-order valence-electron chi connectivity index (χ0n) is 7.62. The third-order valence-corrected chi connectivity index (χ3v) is 3.23. The lowest BCUT2D eigenvalue weighted by molar-refractivity contribution is 0.295. The fourth-order valence-corrected chi connectivity index (χ4v) is 2.32. The molecule has 0 bridgehead atoms. The molecule has 1 aliphatic heterocycles. The maximum absolute atomic E-state index is 5.81. The Morgan fingerprint density at radius 2 is 2.38 bits per heavy atom. The zero-order valence-corrected chi connectivity index (χ0v) is 8.43. The van der Waals surface area contributed by atoms with Crippen LogP contribution in [0.2, 0.25) is 0 Å². The Kier molecular flexibility index (Phi) is 2.47. The fraction of sp³-hybridized carbons (Fsp3) is 0.400. The molecule has 0 saturated carbocycles. The maximum Gasteiger partial charge on any atom is 0.132 e. The second-order valence-electron chi connectivity index (χ2n) is 3.33. The molecule has 1 aliphatic rings. The second kappa shape index (κ2) is 3.60. The lowest BCUT2D eigenvalue weighted by atomic mass is 10.2. The highest BCUT2D eigenvalue weighted by molar-refractivity contribution is 7.99. The van der Waals surface area contributed by atoms with Crippen LogP contribution in [-0.2, 0) is 0 Å². The van der Waals surface area contributed by atoms with Gasteiger partial charge in [0.1, 0.15) is 12.4 Å². The van der Waals surface area contributed by atoms with E-state index in [0.717, 1.165) is 11.5 Å². The van der Waals surface area contributed by atoms with Crippen molar-refractivity contribution in [2.75, 3.05) is 12.4 Å². The fourth-order valence-electron chi connectivity index (χ4n) is 1.29. The van der Waals surface area contributed by atoms with Crippen molar-refractivity contribution in [1.29, 1.82) is 0 Å². The van der Waals surface area contributed by atoms with Crippen LogP contribution in [0.4, 0.5) is 0 Å². The van der Waals surface area contributed by atoms with E-state index in [1.54, 1.807) is 11.8 Å². The van der Waals surface area contributed by atoms with Crippen LogP contribution in [0.15, 0.2) is 23.1 Å². The summed E-state index contributed by atoms with van der Waals surface area (Å²) in [4.78, 5) is 1.22. The first-order valence-corrected chi connectivity index (χ1v) is 5.36. The summed E-state index contributed by atoms with van der Waals surface area (Å²) >= 11 is 1.78. The lowest BCUT2D eigenvalue weighted by Gasteiger charge is -2.07. The molecule has 0 radical (unpaired) electrons. The summed E-state index contributed by atoms with van der Waals surface area (Å²) in [5, 5.41) is 0. The van der Waals surface area contributed by atoms with Gasteiger partial charge in [0.2, 0.25) is 0 Å². The van der Waals surface area contributed by atoms with Gasteiger partial charge in [-0.05, 0) is 24.6 Å². The van der Waals surface area contributed by atoms with Crippen molar-refractivity contribution in [2.45, 2.75) is 17.9 Å². The Bertz CT molecular complexity index is 314. The van der Waals surface area contributed by atoms with E-state index in [9.17, 15) is 0 Å². The van der Waals surface area contributed by atoms with Crippen LogP contribution in [0.3, 0.4) is 0 Å². The van der Waals surface area contributed by atoms with E-state index >= 15 is 0 Å². The lowest BCUT2D eigenvalue weighted by Crippen LogP contribution is -2.28. The van der Waals surface area contributed by atoms with Crippen LogP contribution < -0.4 is 10.5 Å². The highest BCUT2D eigenvalue weighted by Gasteiger charge is 2.13. The molecule has 0 aromatic heterocycles. The first-order chi connectivity index (χ1) is 6.25. The Morgan fingerprint density at radius 3 is 3.23 bits per heavy atom. The van der Waals surface area contributed by atoms with Gasteiger partial charge in [0.25, 0.3) is 0 Å². The van der Waals surface area contributed by atoms with Crippen LogP contribution >= 0.6 is 11.8 Å². The number of ether oxygens (including phenoxy) is 1. The summed E-state index contributed by atoms with van der Waals surface area (Å²) in [7, 11) is 0. The van der Waals surface area contributed by atoms with E-state index in [4.69, 9.17) is 10.5 Å². The first kappa shape index (κ1) is 8.91. The molecule has 1 unspecified atom stereocenters. The summed E-state index contributed by atoms with van der Waals surface area (Å²) in [6.07, 6.45) is 0. The predicted octanol–water partition coefficient (Wildman–Crippen LogP) is 1.81. The van der Waals surface area contributed by atoms with Gasteiger partial charge in [-0.25, -0.2) is 0 Å². The monoisotopic (exact) mass is 195 g/mol. The van der Waals surface area contributed by atoms with Gasteiger partial charge in [0.05, 0.1) is 0 Å². The van der Waals surface area contributed by atoms with Crippen molar-refractivity contribution in [2.24, 2.45) is 5.73 Å². The third-order valence-electron chi connectivity index (χ3n) is 2.01. The summed E-state index contributed by atoms with van der Waals surface area (Å²) in [6, 6.07) is 6.39. The number of benzene rings is 1. The number of hydrogen-bond acceptors (Lipinski definition) is 3. The first-order valence-electron chi connectivity index (χ1n) is 4.37. The van der Waals surface area contributed by atoms with E-state index in [2.05, 4.69) is 19.1 Å². The second-order valence-corrected chi connectivity index (χ2v) is 4.39. The molecule has 13 heavy (non-hydrogen) atoms. The smallest absolute Gasteiger partial charge is 0.132 e. The van der Waals surface area contributed by atoms with Gasteiger partial charge in [-0.15, -0.1) is 11.8 Å². The summed E-state index contributed by atoms with van der Waals surface area (Å²) in [5.41, 5.74) is 7.08. The SMILES string of the molecule is Cc1ccc2c(c1)SCC(N)CO2. The maximum atomic E-state index is 5.81. The number of aryl methyl sites for hydroxylation is 1. The van der Waals surface area contributed by atoms with E-state index < -0.39 is 0 Å². The van der Waals surface area contributed by atoms with Crippen LogP contribution in [0, 0.1) is 6.92 Å².